The summed E-state index contributed by atoms with van der Waals surface area (Å²) in [6.45, 7) is 5.03. The van der Waals surface area contributed by atoms with E-state index in [2.05, 4.69) is 4.90 Å². The molecular formula is C16H24N2O2. The first kappa shape index (κ1) is 14.9. The Kier molecular flexibility index (Phi) is 5.41. The van der Waals surface area contributed by atoms with Crippen LogP contribution in [-0.2, 0) is 0 Å². The summed E-state index contributed by atoms with van der Waals surface area (Å²) >= 11 is 0. The van der Waals surface area contributed by atoms with E-state index in [1.807, 2.05) is 13.0 Å². The molecule has 2 N–H and O–H groups in total. The third-order valence-corrected chi connectivity index (χ3v) is 3.70. The van der Waals surface area contributed by atoms with Crippen molar-refractivity contribution in [1.82, 2.24) is 4.90 Å². The highest BCUT2D eigenvalue weighted by Crippen LogP contribution is 2.23. The highest BCUT2D eigenvalue weighted by Gasteiger charge is 2.15. The van der Waals surface area contributed by atoms with Crippen LogP contribution in [0.4, 0.5) is 5.69 Å². The Balaban J connectivity index is 1.99. The Hall–Kier alpha value is -1.55. The minimum absolute atomic E-state index is 0.140. The molecule has 1 aromatic rings. The van der Waals surface area contributed by atoms with Gasteiger partial charge in [-0.1, -0.05) is 12.8 Å². The zero-order valence-corrected chi connectivity index (χ0v) is 12.2. The zero-order chi connectivity index (χ0) is 14.4. The number of likely N-dealkylation sites (tertiary alicyclic amines) is 1. The molecule has 1 aliphatic rings. The maximum Gasteiger partial charge on any atom is 0.176 e. The van der Waals surface area contributed by atoms with E-state index < -0.39 is 0 Å². The van der Waals surface area contributed by atoms with Crippen molar-refractivity contribution in [2.24, 2.45) is 0 Å². The Morgan fingerprint density at radius 3 is 2.55 bits per heavy atom. The third-order valence-electron chi connectivity index (χ3n) is 3.70. The van der Waals surface area contributed by atoms with E-state index >= 15 is 0 Å². The summed E-state index contributed by atoms with van der Waals surface area (Å²) < 4.78 is 5.39. The van der Waals surface area contributed by atoms with Crippen LogP contribution >= 0.6 is 0 Å². The van der Waals surface area contributed by atoms with E-state index in [4.69, 9.17) is 10.5 Å². The number of nitrogen functional groups attached to an aromatic ring is 1. The maximum absolute atomic E-state index is 12.3. The fourth-order valence-electron chi connectivity index (χ4n) is 2.60. The third kappa shape index (κ3) is 3.97. The van der Waals surface area contributed by atoms with E-state index in [-0.39, 0.29) is 5.78 Å². The predicted molar refractivity (Wildman–Crippen MR) is 81.3 cm³/mol. The molecule has 1 aliphatic heterocycles. The molecule has 2 rings (SSSR count). The van der Waals surface area contributed by atoms with Crippen LogP contribution in [0.15, 0.2) is 18.2 Å². The van der Waals surface area contributed by atoms with Crippen molar-refractivity contribution in [2.45, 2.75) is 32.6 Å². The van der Waals surface area contributed by atoms with Gasteiger partial charge >= 0.3 is 0 Å². The van der Waals surface area contributed by atoms with Crippen molar-refractivity contribution < 1.29 is 9.53 Å². The molecule has 1 saturated heterocycles. The highest BCUT2D eigenvalue weighted by molar-refractivity contribution is 5.98. The van der Waals surface area contributed by atoms with Gasteiger partial charge in [-0.3, -0.25) is 9.69 Å². The molecular weight excluding hydrogens is 252 g/mol. The molecule has 0 saturated carbocycles. The number of carbonyl (C=O) groups is 1. The molecule has 0 amide bonds. The molecule has 4 heteroatoms. The molecule has 0 bridgehead atoms. The Morgan fingerprint density at radius 2 is 1.95 bits per heavy atom. The number of hydrogen-bond donors (Lipinski definition) is 1. The SMILES string of the molecule is CCOc1ccc(C(=O)CN2CCCCCC2)cc1N. The van der Waals surface area contributed by atoms with Crippen molar-refractivity contribution in [3.05, 3.63) is 23.8 Å². The minimum Gasteiger partial charge on any atom is -0.492 e. The standard InChI is InChI=1S/C16H24N2O2/c1-2-20-16-8-7-13(11-14(16)17)15(19)12-18-9-5-3-4-6-10-18/h7-8,11H,2-6,9-10,12,17H2,1H3. The van der Waals surface area contributed by atoms with Crippen LogP contribution in [0, 0.1) is 0 Å². The van der Waals surface area contributed by atoms with Gasteiger partial charge in [-0.25, -0.2) is 0 Å². The van der Waals surface area contributed by atoms with Gasteiger partial charge in [0.15, 0.2) is 5.78 Å². The van der Waals surface area contributed by atoms with Crippen molar-refractivity contribution >= 4 is 11.5 Å². The normalized spacial score (nSPS) is 16.6. The second kappa shape index (κ2) is 7.29. The number of nitrogens with zero attached hydrogens (tertiary/aromatic N) is 1. The zero-order valence-electron chi connectivity index (χ0n) is 12.2. The van der Waals surface area contributed by atoms with Crippen LogP contribution in [0.5, 0.6) is 5.75 Å². The number of ketones is 1. The van der Waals surface area contributed by atoms with Gasteiger partial charge in [-0.15, -0.1) is 0 Å². The van der Waals surface area contributed by atoms with E-state index in [1.54, 1.807) is 12.1 Å². The van der Waals surface area contributed by atoms with Gasteiger partial charge in [0, 0.05) is 5.56 Å². The summed E-state index contributed by atoms with van der Waals surface area (Å²) in [6, 6.07) is 5.32. The smallest absolute Gasteiger partial charge is 0.176 e. The second-order valence-electron chi connectivity index (χ2n) is 5.30. The molecule has 0 aliphatic carbocycles. The Labute approximate surface area is 120 Å². The molecule has 0 aromatic heterocycles. The summed E-state index contributed by atoms with van der Waals surface area (Å²) in [6.07, 6.45) is 4.94. The average molecular weight is 276 g/mol. The maximum atomic E-state index is 12.3. The van der Waals surface area contributed by atoms with Gasteiger partial charge in [-0.05, 0) is 51.1 Å². The predicted octanol–water partition coefficient (Wildman–Crippen LogP) is 2.73. The number of carbonyl (C=O) groups excluding carboxylic acids is 1. The fraction of sp³-hybridized carbons (Fsp3) is 0.562. The number of rotatable bonds is 5. The average Bonchev–Trinajstić information content (AvgIpc) is 2.70. The van der Waals surface area contributed by atoms with Crippen LogP contribution in [-0.4, -0.2) is 36.9 Å². The number of hydrogen-bond acceptors (Lipinski definition) is 4. The number of Topliss-reactive ketones (excluding diaryl/α,β-unsaturated/α-hetero) is 1. The summed E-state index contributed by atoms with van der Waals surface area (Å²) in [5.41, 5.74) is 7.12. The van der Waals surface area contributed by atoms with Crippen LogP contribution in [0.3, 0.4) is 0 Å². The van der Waals surface area contributed by atoms with E-state index in [9.17, 15) is 4.79 Å². The molecule has 4 nitrogen and oxygen atoms in total. The molecule has 0 radical (unpaired) electrons. The fourth-order valence-corrected chi connectivity index (χ4v) is 2.60. The molecule has 110 valence electrons. The summed E-state index contributed by atoms with van der Waals surface area (Å²) in [5.74, 6) is 0.792. The van der Waals surface area contributed by atoms with Gasteiger partial charge in [0.1, 0.15) is 5.75 Å². The van der Waals surface area contributed by atoms with Crippen molar-refractivity contribution in [2.75, 3.05) is 32.0 Å². The highest BCUT2D eigenvalue weighted by atomic mass is 16.5. The molecule has 0 spiro atoms. The Morgan fingerprint density at radius 1 is 1.25 bits per heavy atom. The minimum atomic E-state index is 0.140. The first-order valence-corrected chi connectivity index (χ1v) is 7.48. The molecule has 1 fully saturated rings. The first-order valence-electron chi connectivity index (χ1n) is 7.48. The van der Waals surface area contributed by atoms with Gasteiger partial charge < -0.3 is 10.5 Å². The largest absolute Gasteiger partial charge is 0.492 e. The molecule has 0 atom stereocenters. The number of nitrogens with two attached hydrogens (primary N) is 1. The van der Waals surface area contributed by atoms with Crippen LogP contribution in [0.1, 0.15) is 43.0 Å². The molecule has 0 unspecified atom stereocenters. The van der Waals surface area contributed by atoms with Crippen molar-refractivity contribution in [3.63, 3.8) is 0 Å². The lowest BCUT2D eigenvalue weighted by atomic mass is 10.1. The topological polar surface area (TPSA) is 55.6 Å². The second-order valence-corrected chi connectivity index (χ2v) is 5.30. The summed E-state index contributed by atoms with van der Waals surface area (Å²) in [7, 11) is 0. The molecule has 1 aromatic carbocycles. The summed E-state index contributed by atoms with van der Waals surface area (Å²) in [5, 5.41) is 0. The van der Waals surface area contributed by atoms with Gasteiger partial charge in [-0.2, -0.15) is 0 Å². The van der Waals surface area contributed by atoms with Crippen LogP contribution in [0.2, 0.25) is 0 Å². The first-order chi connectivity index (χ1) is 9.70. The van der Waals surface area contributed by atoms with Gasteiger partial charge in [0.05, 0.1) is 18.8 Å². The molecule has 20 heavy (non-hydrogen) atoms. The number of ether oxygens (including phenoxy) is 1. The Bertz CT molecular complexity index is 452. The lowest BCUT2D eigenvalue weighted by Gasteiger charge is -2.18. The van der Waals surface area contributed by atoms with Crippen molar-refractivity contribution in [1.29, 1.82) is 0 Å². The van der Waals surface area contributed by atoms with Crippen molar-refractivity contribution in [3.8, 4) is 5.75 Å². The van der Waals surface area contributed by atoms with E-state index in [0.29, 0.717) is 30.2 Å². The lowest BCUT2D eigenvalue weighted by Crippen LogP contribution is -2.30. The van der Waals surface area contributed by atoms with Gasteiger partial charge in [0.2, 0.25) is 0 Å². The summed E-state index contributed by atoms with van der Waals surface area (Å²) in [4.78, 5) is 14.6. The van der Waals surface area contributed by atoms with E-state index in [1.165, 1.54) is 25.7 Å². The quantitative estimate of drug-likeness (QED) is 0.663. The van der Waals surface area contributed by atoms with Gasteiger partial charge in [0.25, 0.3) is 0 Å². The number of benzene rings is 1. The monoisotopic (exact) mass is 276 g/mol. The van der Waals surface area contributed by atoms with E-state index in [0.717, 1.165) is 13.1 Å². The number of anilines is 1. The lowest BCUT2D eigenvalue weighted by molar-refractivity contribution is 0.0933. The van der Waals surface area contributed by atoms with Crippen LogP contribution < -0.4 is 10.5 Å². The molecule has 1 heterocycles. The van der Waals surface area contributed by atoms with Crippen LogP contribution in [0.25, 0.3) is 0 Å².